The quantitative estimate of drug-likeness (QED) is 0.0733. The summed E-state index contributed by atoms with van der Waals surface area (Å²) in [6.45, 7) is 5.59. The molecule has 0 heterocycles. The SMILES string of the molecule is CCCCCCCCCCNC(=O)CC[C@H](NC(=O)CN=Cc1cccc2ccccc12)C(=O)NCCCCCCCCCC. The van der Waals surface area contributed by atoms with Gasteiger partial charge in [0.15, 0.2) is 0 Å². The highest BCUT2D eigenvalue weighted by Gasteiger charge is 2.21. The highest BCUT2D eigenvalue weighted by Crippen LogP contribution is 2.17. The zero-order valence-corrected chi connectivity index (χ0v) is 28.2. The number of nitrogens with one attached hydrogen (secondary N) is 3. The second kappa shape index (κ2) is 25.0. The predicted octanol–water partition coefficient (Wildman–Crippen LogP) is 8.04. The first-order chi connectivity index (χ1) is 22.0. The molecule has 3 N–H and O–H groups in total. The minimum absolute atomic E-state index is 0.0814. The first-order valence-electron chi connectivity index (χ1n) is 17.9. The van der Waals surface area contributed by atoms with E-state index in [0.29, 0.717) is 13.1 Å². The lowest BCUT2D eigenvalue weighted by atomic mass is 10.1. The van der Waals surface area contributed by atoms with Crippen LogP contribution in [0.25, 0.3) is 10.8 Å². The second-order valence-electron chi connectivity index (χ2n) is 12.3. The molecule has 7 heteroatoms. The average Bonchev–Trinajstić information content (AvgIpc) is 3.05. The van der Waals surface area contributed by atoms with Gasteiger partial charge < -0.3 is 16.0 Å². The van der Waals surface area contributed by atoms with Crippen molar-refractivity contribution in [1.82, 2.24) is 16.0 Å². The van der Waals surface area contributed by atoms with Gasteiger partial charge in [-0.15, -0.1) is 0 Å². The van der Waals surface area contributed by atoms with Crippen LogP contribution in [-0.2, 0) is 14.4 Å². The molecule has 0 aromatic heterocycles. The van der Waals surface area contributed by atoms with Crippen LogP contribution < -0.4 is 16.0 Å². The van der Waals surface area contributed by atoms with E-state index in [1.807, 2.05) is 42.5 Å². The number of rotatable bonds is 26. The van der Waals surface area contributed by atoms with Gasteiger partial charge in [-0.25, -0.2) is 0 Å². The van der Waals surface area contributed by atoms with Crippen LogP contribution in [0.3, 0.4) is 0 Å². The molecule has 0 bridgehead atoms. The molecule has 45 heavy (non-hydrogen) atoms. The van der Waals surface area contributed by atoms with Gasteiger partial charge in [-0.05, 0) is 30.0 Å². The van der Waals surface area contributed by atoms with Crippen LogP contribution in [0.2, 0.25) is 0 Å². The van der Waals surface area contributed by atoms with E-state index in [9.17, 15) is 14.4 Å². The van der Waals surface area contributed by atoms with Crippen molar-refractivity contribution in [2.45, 2.75) is 135 Å². The maximum Gasteiger partial charge on any atom is 0.242 e. The number of hydrogen-bond donors (Lipinski definition) is 3. The number of fused-ring (bicyclic) bond motifs is 1. The molecular formula is C38H60N4O3. The smallest absolute Gasteiger partial charge is 0.242 e. The largest absolute Gasteiger partial charge is 0.356 e. The van der Waals surface area contributed by atoms with Gasteiger partial charge in [-0.2, -0.15) is 0 Å². The maximum atomic E-state index is 13.1. The minimum Gasteiger partial charge on any atom is -0.356 e. The molecule has 2 aromatic carbocycles. The molecule has 0 spiro atoms. The summed E-state index contributed by atoms with van der Waals surface area (Å²) in [7, 11) is 0. The van der Waals surface area contributed by atoms with E-state index in [-0.39, 0.29) is 37.1 Å². The fourth-order valence-electron chi connectivity index (χ4n) is 5.54. The van der Waals surface area contributed by atoms with Crippen molar-refractivity contribution >= 4 is 34.7 Å². The van der Waals surface area contributed by atoms with Gasteiger partial charge in [0.05, 0.1) is 0 Å². The maximum absolute atomic E-state index is 13.1. The van der Waals surface area contributed by atoms with E-state index >= 15 is 0 Å². The zero-order valence-electron chi connectivity index (χ0n) is 28.2. The van der Waals surface area contributed by atoms with Crippen molar-refractivity contribution in [3.05, 3.63) is 48.0 Å². The molecule has 2 aromatic rings. The molecule has 250 valence electrons. The Kier molecular flexibility index (Phi) is 21.1. The summed E-state index contributed by atoms with van der Waals surface area (Å²) in [5.41, 5.74) is 0.939. The third kappa shape index (κ3) is 17.8. The zero-order chi connectivity index (χ0) is 32.4. The number of benzene rings is 2. The molecule has 7 nitrogen and oxygen atoms in total. The summed E-state index contributed by atoms with van der Waals surface area (Å²) in [6.07, 6.45) is 21.4. The lowest BCUT2D eigenvalue weighted by molar-refractivity contribution is -0.129. The lowest BCUT2D eigenvalue weighted by Crippen LogP contribution is -2.48. The predicted molar refractivity (Wildman–Crippen MR) is 189 cm³/mol. The number of amides is 3. The first kappa shape index (κ1) is 38.0. The van der Waals surface area contributed by atoms with Crippen LogP contribution >= 0.6 is 0 Å². The van der Waals surface area contributed by atoms with Gasteiger partial charge in [0.2, 0.25) is 17.7 Å². The molecule has 3 amide bonds. The van der Waals surface area contributed by atoms with Crippen LogP contribution in [-0.4, -0.2) is 49.6 Å². The van der Waals surface area contributed by atoms with Crippen molar-refractivity contribution in [3.8, 4) is 0 Å². The lowest BCUT2D eigenvalue weighted by Gasteiger charge is -2.18. The number of unbranched alkanes of at least 4 members (excludes halogenated alkanes) is 14. The monoisotopic (exact) mass is 620 g/mol. The Morgan fingerprint density at radius 1 is 0.667 bits per heavy atom. The molecule has 1 atom stereocenters. The molecule has 0 aliphatic rings. The van der Waals surface area contributed by atoms with E-state index < -0.39 is 6.04 Å². The van der Waals surface area contributed by atoms with E-state index in [0.717, 1.165) is 42.0 Å². The van der Waals surface area contributed by atoms with E-state index in [4.69, 9.17) is 0 Å². The Bertz CT molecular complexity index is 1130. The molecular weight excluding hydrogens is 560 g/mol. The molecule has 0 aliphatic heterocycles. The molecule has 2 rings (SSSR count). The Morgan fingerprint density at radius 2 is 1.22 bits per heavy atom. The van der Waals surface area contributed by atoms with Crippen LogP contribution in [0, 0.1) is 0 Å². The molecule has 0 saturated carbocycles. The normalized spacial score (nSPS) is 12.0. The molecule has 0 radical (unpaired) electrons. The Balaban J connectivity index is 1.79. The van der Waals surface area contributed by atoms with Crippen LogP contribution in [0.15, 0.2) is 47.5 Å². The average molecular weight is 621 g/mol. The minimum atomic E-state index is -0.770. The van der Waals surface area contributed by atoms with Crippen molar-refractivity contribution < 1.29 is 14.4 Å². The fraction of sp³-hybridized carbons (Fsp3) is 0.632. The molecule has 0 aliphatic carbocycles. The summed E-state index contributed by atoms with van der Waals surface area (Å²) in [5.74, 6) is -0.652. The summed E-state index contributed by atoms with van der Waals surface area (Å²) < 4.78 is 0. The van der Waals surface area contributed by atoms with Crippen LogP contribution in [0.1, 0.15) is 135 Å². The van der Waals surface area contributed by atoms with Crippen LogP contribution in [0.5, 0.6) is 0 Å². The van der Waals surface area contributed by atoms with Crippen molar-refractivity contribution in [2.75, 3.05) is 19.6 Å². The van der Waals surface area contributed by atoms with Crippen LogP contribution in [0.4, 0.5) is 0 Å². The van der Waals surface area contributed by atoms with Gasteiger partial charge in [-0.3, -0.25) is 19.4 Å². The Labute approximate surface area is 272 Å². The van der Waals surface area contributed by atoms with Gasteiger partial charge >= 0.3 is 0 Å². The number of hydrogen-bond acceptors (Lipinski definition) is 4. The summed E-state index contributed by atoms with van der Waals surface area (Å²) in [6, 6.07) is 13.3. The Hall–Kier alpha value is -3.22. The highest BCUT2D eigenvalue weighted by molar-refractivity contribution is 6.00. The van der Waals surface area contributed by atoms with Crippen molar-refractivity contribution in [1.29, 1.82) is 0 Å². The van der Waals surface area contributed by atoms with E-state index in [1.54, 1.807) is 6.21 Å². The number of carbonyl (C=O) groups excluding carboxylic acids is 3. The fourth-order valence-corrected chi connectivity index (χ4v) is 5.54. The Morgan fingerprint density at radius 3 is 1.87 bits per heavy atom. The highest BCUT2D eigenvalue weighted by atomic mass is 16.2. The third-order valence-electron chi connectivity index (χ3n) is 8.28. The van der Waals surface area contributed by atoms with Crippen molar-refractivity contribution in [3.63, 3.8) is 0 Å². The topological polar surface area (TPSA) is 99.7 Å². The van der Waals surface area contributed by atoms with Gasteiger partial charge in [0.1, 0.15) is 12.6 Å². The van der Waals surface area contributed by atoms with Gasteiger partial charge in [0, 0.05) is 31.3 Å². The first-order valence-corrected chi connectivity index (χ1v) is 17.9. The third-order valence-corrected chi connectivity index (χ3v) is 8.28. The van der Waals surface area contributed by atoms with Crippen molar-refractivity contribution in [2.24, 2.45) is 4.99 Å². The standard InChI is InChI=1S/C38H60N4O3/c1-3-5-7-9-11-13-15-19-28-40-36(43)27-26-35(38(45)41-29-20-16-14-12-10-8-6-4-2)42-37(44)31-39-30-33-24-21-23-32-22-17-18-25-34(32)33/h17-18,21-25,30,35H,3-16,19-20,26-29,31H2,1-2H3,(H,40,43)(H,41,45)(H,42,44)/t35-/m0/s1. The number of aliphatic imine (C=N–C) groups is 1. The van der Waals surface area contributed by atoms with E-state index in [1.165, 1.54) is 77.0 Å². The van der Waals surface area contributed by atoms with Gasteiger partial charge in [0.25, 0.3) is 0 Å². The van der Waals surface area contributed by atoms with E-state index in [2.05, 4.69) is 34.8 Å². The summed E-state index contributed by atoms with van der Waals surface area (Å²) in [4.78, 5) is 42.8. The number of carbonyl (C=O) groups is 3. The molecule has 0 unspecified atom stereocenters. The van der Waals surface area contributed by atoms with Gasteiger partial charge in [-0.1, -0.05) is 146 Å². The molecule has 0 saturated heterocycles. The summed E-state index contributed by atoms with van der Waals surface area (Å²) >= 11 is 0. The second-order valence-corrected chi connectivity index (χ2v) is 12.3. The summed E-state index contributed by atoms with van der Waals surface area (Å²) in [5, 5.41) is 11.0. The molecule has 0 fully saturated rings. The number of nitrogens with zero attached hydrogens (tertiary/aromatic N) is 1.